The lowest BCUT2D eigenvalue weighted by Gasteiger charge is -2.45. The molecule has 6 rings (SSSR count). The van der Waals surface area contributed by atoms with Crippen molar-refractivity contribution in [1.82, 2.24) is 0 Å². The van der Waals surface area contributed by atoms with Gasteiger partial charge in [0, 0.05) is 11.1 Å². The van der Waals surface area contributed by atoms with E-state index in [0.29, 0.717) is 36.4 Å². The third kappa shape index (κ3) is 6.63. The first-order valence-electron chi connectivity index (χ1n) is 15.6. The van der Waals surface area contributed by atoms with Crippen molar-refractivity contribution in [3.05, 3.63) is 58.7 Å². The van der Waals surface area contributed by atoms with Gasteiger partial charge in [0.05, 0.1) is 22.3 Å². The van der Waals surface area contributed by atoms with Gasteiger partial charge in [0.1, 0.15) is 12.7 Å². The number of hydrogen-bond donors (Lipinski definition) is 14. The number of aliphatic hydroxyl groups is 3. The molecule has 57 heavy (non-hydrogen) atoms. The number of phenolic OH excluding ortho intramolecular Hbond substituents is 11. The maximum atomic E-state index is 13.6. The largest absolute Gasteiger partial charge is 0.504 e. The lowest BCUT2D eigenvalue weighted by atomic mass is 9.91. The molecule has 2 aliphatic heterocycles. The summed E-state index contributed by atoms with van der Waals surface area (Å²) in [7, 11) is 0. The molecule has 0 unspecified atom stereocenters. The quantitative estimate of drug-likeness (QED) is 0.0412. The number of esters is 4. The predicted molar refractivity (Wildman–Crippen MR) is 175 cm³/mol. The Balaban J connectivity index is 1.33. The standard InChI is InChI=1S/C34H26O23/c35-12-1-8(2-13(36)21(12)40)29(47)54-17-4-9(3-14(37)22(17)41)30(48)57-33-27(46)34(51,52)28-18(55-33)7-53-31(49)10-5-15(38)23(42)25(44)19(10)20-11(32(50)56-28)6-16(39)24(43)26(20)45/h1-6,18,27-28,33,35-46,51-52H,7H2/t18-,27+,28-,33+/m1/s1. The van der Waals surface area contributed by atoms with Crippen molar-refractivity contribution < 1.29 is 114 Å². The second kappa shape index (κ2) is 13.9. The van der Waals surface area contributed by atoms with Crippen molar-refractivity contribution in [3.63, 3.8) is 0 Å². The van der Waals surface area contributed by atoms with Gasteiger partial charge in [-0.25, -0.2) is 19.2 Å². The summed E-state index contributed by atoms with van der Waals surface area (Å²) in [5, 5.41) is 145. The molecule has 0 aromatic heterocycles. The smallest absolute Gasteiger partial charge is 0.343 e. The molecule has 2 aliphatic rings. The van der Waals surface area contributed by atoms with Gasteiger partial charge in [-0.2, -0.15) is 0 Å². The van der Waals surface area contributed by atoms with E-state index in [1.54, 1.807) is 0 Å². The minimum absolute atomic E-state index is 0.427. The van der Waals surface area contributed by atoms with E-state index in [1.165, 1.54) is 0 Å². The molecule has 1 saturated heterocycles. The fourth-order valence-corrected chi connectivity index (χ4v) is 5.72. The van der Waals surface area contributed by atoms with Crippen LogP contribution in [0.5, 0.6) is 69.0 Å². The third-order valence-electron chi connectivity index (χ3n) is 8.59. The fraction of sp³-hybridized carbons (Fsp3) is 0.176. The summed E-state index contributed by atoms with van der Waals surface area (Å²) in [5.74, 6) is -23.9. The minimum Gasteiger partial charge on any atom is -0.504 e. The molecule has 23 nitrogen and oxygen atoms in total. The third-order valence-corrected chi connectivity index (χ3v) is 8.59. The molecule has 2 heterocycles. The molecule has 300 valence electrons. The summed E-state index contributed by atoms with van der Waals surface area (Å²) >= 11 is 0. The maximum Gasteiger partial charge on any atom is 0.343 e. The van der Waals surface area contributed by atoms with E-state index in [1.807, 2.05) is 0 Å². The highest BCUT2D eigenvalue weighted by molar-refractivity contribution is 6.08. The van der Waals surface area contributed by atoms with E-state index in [2.05, 4.69) is 0 Å². The molecular formula is C34H26O23. The molecular weight excluding hydrogens is 776 g/mol. The number of carbonyl (C=O) groups is 4. The molecule has 23 heteroatoms. The second-order valence-corrected chi connectivity index (χ2v) is 12.2. The van der Waals surface area contributed by atoms with Crippen LogP contribution in [0.15, 0.2) is 36.4 Å². The highest BCUT2D eigenvalue weighted by atomic mass is 16.7. The molecule has 0 radical (unpaired) electrons. The summed E-state index contributed by atoms with van der Waals surface area (Å²) in [6.07, 6.45) is -9.98. The summed E-state index contributed by atoms with van der Waals surface area (Å²) in [6.45, 7) is -1.20. The van der Waals surface area contributed by atoms with Crippen molar-refractivity contribution in [3.8, 4) is 80.1 Å². The van der Waals surface area contributed by atoms with Gasteiger partial charge in [-0.1, -0.05) is 0 Å². The molecule has 0 bridgehead atoms. The maximum absolute atomic E-state index is 13.6. The highest BCUT2D eigenvalue weighted by Crippen LogP contribution is 2.53. The van der Waals surface area contributed by atoms with Gasteiger partial charge in [-0.3, -0.25) is 0 Å². The van der Waals surface area contributed by atoms with Crippen molar-refractivity contribution in [2.24, 2.45) is 0 Å². The Kier molecular flexibility index (Phi) is 9.55. The topological polar surface area (TPSA) is 398 Å². The lowest BCUT2D eigenvalue weighted by molar-refractivity contribution is -0.378. The van der Waals surface area contributed by atoms with Crippen molar-refractivity contribution in [2.45, 2.75) is 30.4 Å². The number of aromatic hydroxyl groups is 11. The number of phenols is 11. The predicted octanol–water partition coefficient (Wildman–Crippen LogP) is -0.346. The Labute approximate surface area is 314 Å². The molecule has 0 amide bonds. The van der Waals surface area contributed by atoms with Crippen LogP contribution in [0.1, 0.15) is 41.4 Å². The zero-order valence-electron chi connectivity index (χ0n) is 27.9. The van der Waals surface area contributed by atoms with Crippen LogP contribution < -0.4 is 4.74 Å². The van der Waals surface area contributed by atoms with E-state index in [-0.39, 0.29) is 0 Å². The molecule has 4 atom stereocenters. The number of aliphatic hydroxyl groups excluding tert-OH is 1. The van der Waals surface area contributed by atoms with Crippen molar-refractivity contribution >= 4 is 23.9 Å². The first-order chi connectivity index (χ1) is 26.6. The number of cyclic esters (lactones) is 1. The Morgan fingerprint density at radius 2 is 1.09 bits per heavy atom. The van der Waals surface area contributed by atoms with E-state index >= 15 is 0 Å². The van der Waals surface area contributed by atoms with Gasteiger partial charge in [0.25, 0.3) is 0 Å². The van der Waals surface area contributed by atoms with Crippen LogP contribution in [0.25, 0.3) is 11.1 Å². The Bertz CT molecular complexity index is 2360. The number of hydrogen-bond acceptors (Lipinski definition) is 23. The second-order valence-electron chi connectivity index (χ2n) is 12.2. The number of carbonyl (C=O) groups excluding carboxylic acids is 4. The molecule has 14 N–H and O–H groups in total. The number of ether oxygens (including phenoxy) is 5. The summed E-state index contributed by atoms with van der Waals surface area (Å²) in [4.78, 5) is 52.9. The van der Waals surface area contributed by atoms with Gasteiger partial charge in [-0.15, -0.1) is 0 Å². The number of rotatable bonds is 4. The molecule has 4 aromatic rings. The van der Waals surface area contributed by atoms with Gasteiger partial charge >= 0.3 is 23.9 Å². The molecule has 0 aliphatic carbocycles. The van der Waals surface area contributed by atoms with E-state index in [0.717, 1.165) is 0 Å². The van der Waals surface area contributed by atoms with Crippen LogP contribution in [0.2, 0.25) is 0 Å². The zero-order valence-corrected chi connectivity index (χ0v) is 27.9. The summed E-state index contributed by atoms with van der Waals surface area (Å²) in [5.41, 5.74) is -5.36. The first kappa shape index (κ1) is 39.1. The first-order valence-corrected chi connectivity index (χ1v) is 15.6. The van der Waals surface area contributed by atoms with Gasteiger partial charge < -0.3 is 95.2 Å². The highest BCUT2D eigenvalue weighted by Gasteiger charge is 2.59. The van der Waals surface area contributed by atoms with Gasteiger partial charge in [0.15, 0.2) is 64.0 Å². The van der Waals surface area contributed by atoms with Crippen LogP contribution in [0.3, 0.4) is 0 Å². The van der Waals surface area contributed by atoms with Crippen LogP contribution in [0.4, 0.5) is 0 Å². The van der Waals surface area contributed by atoms with Crippen LogP contribution in [-0.2, 0) is 18.9 Å². The van der Waals surface area contributed by atoms with Crippen LogP contribution in [-0.4, -0.2) is 132 Å². The fourth-order valence-electron chi connectivity index (χ4n) is 5.72. The molecule has 0 spiro atoms. The SMILES string of the molecule is O=C(Oc1cc(C(=O)O[C@@H]2O[C@@H]3COC(=O)c4cc(O)c(O)c(O)c4-c4c(cc(O)c(O)c4O)C(=O)O[C@H]3C(O)(O)[C@H]2O)cc(O)c1O)c1cc(O)c(O)c(O)c1. The average molecular weight is 803 g/mol. The van der Waals surface area contributed by atoms with Crippen molar-refractivity contribution in [1.29, 1.82) is 0 Å². The zero-order chi connectivity index (χ0) is 42.0. The van der Waals surface area contributed by atoms with Gasteiger partial charge in [-0.05, 0) is 36.4 Å². The summed E-state index contributed by atoms with van der Waals surface area (Å²) in [6, 6.07) is 3.37. The normalized spacial score (nSPS) is 20.1. The Morgan fingerprint density at radius 1 is 0.614 bits per heavy atom. The molecule has 4 aromatic carbocycles. The Hall–Kier alpha value is -7.60. The van der Waals surface area contributed by atoms with E-state index in [9.17, 15) is 90.7 Å². The van der Waals surface area contributed by atoms with Crippen molar-refractivity contribution in [2.75, 3.05) is 6.61 Å². The van der Waals surface area contributed by atoms with Crippen LogP contribution in [0, 0.1) is 0 Å². The van der Waals surface area contributed by atoms with Gasteiger partial charge in [0.2, 0.25) is 29.3 Å². The number of benzene rings is 4. The summed E-state index contributed by atoms with van der Waals surface area (Å²) < 4.78 is 25.7. The Morgan fingerprint density at radius 3 is 1.63 bits per heavy atom. The van der Waals surface area contributed by atoms with E-state index < -0.39 is 163 Å². The monoisotopic (exact) mass is 802 g/mol. The number of fused-ring (bicyclic) bond motifs is 4. The average Bonchev–Trinajstić information content (AvgIpc) is 3.16. The molecule has 0 saturated carbocycles. The molecule has 1 fully saturated rings. The minimum atomic E-state index is -3.73. The van der Waals surface area contributed by atoms with E-state index in [4.69, 9.17) is 23.7 Å². The lowest BCUT2D eigenvalue weighted by Crippen LogP contribution is -2.69. The van der Waals surface area contributed by atoms with Crippen LogP contribution >= 0.6 is 0 Å².